The quantitative estimate of drug-likeness (QED) is 0.835. The second kappa shape index (κ2) is 6.72. The minimum absolute atomic E-state index is 0.218. The van der Waals surface area contributed by atoms with E-state index in [9.17, 15) is 9.59 Å². The highest BCUT2D eigenvalue weighted by atomic mass is 35.5. The van der Waals surface area contributed by atoms with Gasteiger partial charge in [0.15, 0.2) is 6.04 Å². The highest BCUT2D eigenvalue weighted by Gasteiger charge is 2.38. The number of rotatable bonds is 4. The van der Waals surface area contributed by atoms with Crippen molar-refractivity contribution in [3.8, 4) is 0 Å². The average Bonchev–Trinajstić information content (AvgIpc) is 2.96. The number of urea groups is 1. The number of benzene rings is 2. The molecule has 1 aliphatic rings. The molecule has 2 amide bonds. The Hall–Kier alpha value is -2.86. The molecule has 6 nitrogen and oxygen atoms in total. The van der Waals surface area contributed by atoms with Crippen LogP contribution in [0.3, 0.4) is 0 Å². The second-order valence-corrected chi connectivity index (χ2v) is 5.64. The van der Waals surface area contributed by atoms with Crippen molar-refractivity contribution in [1.29, 1.82) is 0 Å². The molecule has 0 aromatic heterocycles. The SMILES string of the molecule is NC(=O)N[C@H](c1ccc(Cl)cc1)[C@H]1N=C(c2ccccc2)OC1=O. The lowest BCUT2D eigenvalue weighted by Gasteiger charge is -2.20. The molecule has 0 radical (unpaired) electrons. The molecular formula is C17H14ClN3O3. The van der Waals surface area contributed by atoms with Crippen LogP contribution in [0.5, 0.6) is 0 Å². The predicted octanol–water partition coefficient (Wildman–Crippen LogP) is 2.42. The van der Waals surface area contributed by atoms with Gasteiger partial charge in [-0.3, -0.25) is 0 Å². The van der Waals surface area contributed by atoms with Gasteiger partial charge in [0, 0.05) is 10.6 Å². The Bertz CT molecular complexity index is 790. The molecule has 1 heterocycles. The van der Waals surface area contributed by atoms with E-state index < -0.39 is 24.1 Å². The lowest BCUT2D eigenvalue weighted by atomic mass is 10.00. The van der Waals surface area contributed by atoms with Gasteiger partial charge in [-0.25, -0.2) is 14.6 Å². The molecule has 0 fully saturated rings. The van der Waals surface area contributed by atoms with E-state index in [0.717, 1.165) is 0 Å². The zero-order valence-corrected chi connectivity index (χ0v) is 13.2. The molecule has 7 heteroatoms. The van der Waals surface area contributed by atoms with Crippen molar-refractivity contribution in [2.45, 2.75) is 12.1 Å². The van der Waals surface area contributed by atoms with Gasteiger partial charge >= 0.3 is 12.0 Å². The molecule has 0 saturated heterocycles. The normalized spacial score (nSPS) is 17.8. The molecule has 3 rings (SSSR count). The first-order chi connectivity index (χ1) is 11.5. The predicted molar refractivity (Wildman–Crippen MR) is 89.8 cm³/mol. The summed E-state index contributed by atoms with van der Waals surface area (Å²) < 4.78 is 5.26. The molecule has 0 bridgehead atoms. The maximum absolute atomic E-state index is 12.3. The van der Waals surface area contributed by atoms with Gasteiger partial charge < -0.3 is 15.8 Å². The Morgan fingerprint density at radius 3 is 2.46 bits per heavy atom. The van der Waals surface area contributed by atoms with Gasteiger partial charge in [-0.05, 0) is 29.8 Å². The number of ether oxygens (including phenoxy) is 1. The Morgan fingerprint density at radius 2 is 1.83 bits per heavy atom. The number of hydrogen-bond donors (Lipinski definition) is 2. The first kappa shape index (κ1) is 16.0. The largest absolute Gasteiger partial charge is 0.405 e. The number of hydrogen-bond acceptors (Lipinski definition) is 4. The first-order valence-corrected chi connectivity index (χ1v) is 7.59. The van der Waals surface area contributed by atoms with E-state index in [1.807, 2.05) is 18.2 Å². The van der Waals surface area contributed by atoms with Crippen LogP contribution in [0.2, 0.25) is 5.02 Å². The zero-order valence-electron chi connectivity index (χ0n) is 12.5. The summed E-state index contributed by atoms with van der Waals surface area (Å²) in [7, 11) is 0. The van der Waals surface area contributed by atoms with Crippen LogP contribution in [0.25, 0.3) is 0 Å². The van der Waals surface area contributed by atoms with Crippen molar-refractivity contribution in [2.75, 3.05) is 0 Å². The molecule has 122 valence electrons. The number of nitrogens with zero attached hydrogens (tertiary/aromatic N) is 1. The molecule has 0 unspecified atom stereocenters. The Morgan fingerprint density at radius 1 is 1.17 bits per heavy atom. The van der Waals surface area contributed by atoms with E-state index in [2.05, 4.69) is 10.3 Å². The third-order valence-corrected chi connectivity index (χ3v) is 3.81. The van der Waals surface area contributed by atoms with Gasteiger partial charge in [-0.1, -0.05) is 41.9 Å². The minimum Gasteiger partial charge on any atom is -0.405 e. The molecule has 3 N–H and O–H groups in total. The van der Waals surface area contributed by atoms with E-state index in [-0.39, 0.29) is 5.90 Å². The molecule has 2 aromatic rings. The summed E-state index contributed by atoms with van der Waals surface area (Å²) in [5.74, 6) is -0.335. The van der Waals surface area contributed by atoms with Crippen LogP contribution < -0.4 is 11.1 Å². The molecule has 0 spiro atoms. The summed E-state index contributed by atoms with van der Waals surface area (Å²) in [4.78, 5) is 27.9. The van der Waals surface area contributed by atoms with Crippen molar-refractivity contribution < 1.29 is 14.3 Å². The molecule has 0 saturated carbocycles. The number of esters is 1. The lowest BCUT2D eigenvalue weighted by molar-refractivity contribution is -0.135. The van der Waals surface area contributed by atoms with Crippen LogP contribution in [-0.2, 0) is 9.53 Å². The fourth-order valence-corrected chi connectivity index (χ4v) is 2.58. The summed E-state index contributed by atoms with van der Waals surface area (Å²) in [6, 6.07) is 13.4. The number of nitrogens with two attached hydrogens (primary N) is 1. The van der Waals surface area contributed by atoms with Crippen molar-refractivity contribution in [1.82, 2.24) is 5.32 Å². The number of primary amides is 1. The van der Waals surface area contributed by atoms with Gasteiger partial charge in [0.05, 0.1) is 6.04 Å². The van der Waals surface area contributed by atoms with Crippen molar-refractivity contribution in [2.24, 2.45) is 10.7 Å². The molecular weight excluding hydrogens is 330 g/mol. The number of carbonyl (C=O) groups excluding carboxylic acids is 2. The van der Waals surface area contributed by atoms with Gasteiger partial charge in [0.25, 0.3) is 0 Å². The van der Waals surface area contributed by atoms with E-state index >= 15 is 0 Å². The van der Waals surface area contributed by atoms with E-state index in [4.69, 9.17) is 22.1 Å². The van der Waals surface area contributed by atoms with E-state index in [0.29, 0.717) is 16.1 Å². The molecule has 24 heavy (non-hydrogen) atoms. The van der Waals surface area contributed by atoms with Crippen LogP contribution in [0.4, 0.5) is 4.79 Å². The third kappa shape index (κ3) is 3.38. The summed E-state index contributed by atoms with van der Waals surface area (Å²) in [6.45, 7) is 0. The van der Waals surface area contributed by atoms with Gasteiger partial charge in [0.1, 0.15) is 0 Å². The van der Waals surface area contributed by atoms with Crippen LogP contribution in [0.15, 0.2) is 59.6 Å². The van der Waals surface area contributed by atoms with Gasteiger partial charge in [0.2, 0.25) is 5.90 Å². The van der Waals surface area contributed by atoms with E-state index in [1.54, 1.807) is 36.4 Å². The maximum Gasteiger partial charge on any atom is 0.340 e. The maximum atomic E-state index is 12.3. The Labute approximate surface area is 143 Å². The number of halogens is 1. The highest BCUT2D eigenvalue weighted by molar-refractivity contribution is 6.30. The molecule has 2 aromatic carbocycles. The number of amides is 2. The smallest absolute Gasteiger partial charge is 0.340 e. The Balaban J connectivity index is 1.95. The average molecular weight is 344 g/mol. The fourth-order valence-electron chi connectivity index (χ4n) is 2.45. The number of nitrogens with one attached hydrogen (secondary N) is 1. The van der Waals surface area contributed by atoms with Crippen LogP contribution in [-0.4, -0.2) is 23.9 Å². The van der Waals surface area contributed by atoms with Crippen molar-refractivity contribution in [3.05, 3.63) is 70.7 Å². The summed E-state index contributed by atoms with van der Waals surface area (Å²) in [5, 5.41) is 3.09. The number of carbonyl (C=O) groups is 2. The Kier molecular flexibility index (Phi) is 4.48. The monoisotopic (exact) mass is 343 g/mol. The molecule has 0 aliphatic carbocycles. The zero-order chi connectivity index (χ0) is 17.1. The standard InChI is InChI=1S/C17H14ClN3O3/c18-12-8-6-10(7-9-12)13(21-17(19)23)14-16(22)24-15(20-14)11-4-2-1-3-5-11/h1-9,13-14H,(H3,19,21,23)/t13-,14-/m1/s1. The summed E-state index contributed by atoms with van der Waals surface area (Å²) in [6.07, 6.45) is 0. The second-order valence-electron chi connectivity index (χ2n) is 5.20. The first-order valence-electron chi connectivity index (χ1n) is 7.21. The van der Waals surface area contributed by atoms with Gasteiger partial charge in [-0.2, -0.15) is 0 Å². The number of cyclic esters (lactones) is 1. The topological polar surface area (TPSA) is 93.8 Å². The van der Waals surface area contributed by atoms with Crippen molar-refractivity contribution in [3.63, 3.8) is 0 Å². The van der Waals surface area contributed by atoms with Crippen LogP contribution >= 0.6 is 11.6 Å². The number of aliphatic imine (C=N–C) groups is 1. The fraction of sp³-hybridized carbons (Fsp3) is 0.118. The summed E-state index contributed by atoms with van der Waals surface area (Å²) >= 11 is 5.88. The highest BCUT2D eigenvalue weighted by Crippen LogP contribution is 2.26. The van der Waals surface area contributed by atoms with Crippen LogP contribution in [0, 0.1) is 0 Å². The lowest BCUT2D eigenvalue weighted by Crippen LogP contribution is -2.40. The molecule has 1 aliphatic heterocycles. The molecule has 2 atom stereocenters. The van der Waals surface area contributed by atoms with E-state index in [1.165, 1.54) is 0 Å². The van der Waals surface area contributed by atoms with Crippen LogP contribution in [0.1, 0.15) is 17.2 Å². The van der Waals surface area contributed by atoms with Gasteiger partial charge in [-0.15, -0.1) is 0 Å². The summed E-state index contributed by atoms with van der Waals surface area (Å²) in [5.41, 5.74) is 6.58. The third-order valence-electron chi connectivity index (χ3n) is 3.56. The minimum atomic E-state index is -0.922. The van der Waals surface area contributed by atoms with Crippen molar-refractivity contribution >= 4 is 29.5 Å².